The number of pyridine rings is 2. The Labute approximate surface area is 136 Å². The maximum atomic E-state index is 5.92. The summed E-state index contributed by atoms with van der Waals surface area (Å²) in [6.45, 7) is 0.786. The number of hydrogen-bond donors (Lipinski definition) is 0. The molecule has 0 atom stereocenters. The van der Waals surface area contributed by atoms with Gasteiger partial charge in [0.15, 0.2) is 0 Å². The van der Waals surface area contributed by atoms with Crippen LogP contribution in [-0.2, 0) is 6.54 Å². The van der Waals surface area contributed by atoms with Gasteiger partial charge in [0.1, 0.15) is 5.52 Å². The van der Waals surface area contributed by atoms with Crippen molar-refractivity contribution in [2.24, 2.45) is 0 Å². The molecule has 0 amide bonds. The van der Waals surface area contributed by atoms with E-state index in [2.05, 4.69) is 30.8 Å². The molecule has 0 saturated carbocycles. The average Bonchev–Trinajstić information content (AvgIpc) is 2.48. The fourth-order valence-corrected chi connectivity index (χ4v) is 2.69. The molecule has 0 fully saturated rings. The van der Waals surface area contributed by atoms with Gasteiger partial charge in [-0.1, -0.05) is 23.7 Å². The number of aromatic nitrogens is 2. The van der Waals surface area contributed by atoms with Gasteiger partial charge in [-0.2, -0.15) is 0 Å². The predicted molar refractivity (Wildman–Crippen MR) is 90.8 cm³/mol. The Morgan fingerprint density at radius 3 is 2.67 bits per heavy atom. The summed E-state index contributed by atoms with van der Waals surface area (Å²) in [5, 5.41) is 0.752. The van der Waals surface area contributed by atoms with Crippen molar-refractivity contribution in [2.45, 2.75) is 6.54 Å². The highest BCUT2D eigenvalue weighted by atomic mass is 79.9. The zero-order chi connectivity index (χ0) is 14.8. The Kier molecular flexibility index (Phi) is 4.08. The van der Waals surface area contributed by atoms with E-state index >= 15 is 0 Å². The third-order valence-electron chi connectivity index (χ3n) is 3.27. The number of anilines is 1. The maximum Gasteiger partial charge on any atom is 0.112 e. The Bertz CT molecular complexity index is 774. The Balaban J connectivity index is 1.94. The van der Waals surface area contributed by atoms with Crippen LogP contribution in [0.3, 0.4) is 0 Å². The Morgan fingerprint density at radius 2 is 1.90 bits per heavy atom. The largest absolute Gasteiger partial charge is 0.368 e. The lowest BCUT2D eigenvalue weighted by atomic mass is 10.2. The van der Waals surface area contributed by atoms with Crippen molar-refractivity contribution < 1.29 is 0 Å². The Hall–Kier alpha value is -1.65. The van der Waals surface area contributed by atoms with Crippen LogP contribution in [0.1, 0.15) is 5.56 Å². The molecular weight excluding hydrogens is 350 g/mol. The van der Waals surface area contributed by atoms with E-state index in [-0.39, 0.29) is 0 Å². The molecule has 0 radical (unpaired) electrons. The van der Waals surface area contributed by atoms with Crippen LogP contribution in [-0.4, -0.2) is 17.0 Å². The van der Waals surface area contributed by atoms with E-state index in [1.54, 1.807) is 6.20 Å². The summed E-state index contributed by atoms with van der Waals surface area (Å²) in [6.07, 6.45) is 3.60. The highest BCUT2D eigenvalue weighted by molar-refractivity contribution is 9.10. The van der Waals surface area contributed by atoms with Crippen LogP contribution in [0.15, 0.2) is 53.3 Å². The van der Waals surface area contributed by atoms with E-state index in [0.29, 0.717) is 0 Å². The summed E-state index contributed by atoms with van der Waals surface area (Å²) in [4.78, 5) is 11.0. The van der Waals surface area contributed by atoms with Gasteiger partial charge in [0.2, 0.25) is 0 Å². The van der Waals surface area contributed by atoms with Gasteiger partial charge >= 0.3 is 0 Å². The van der Waals surface area contributed by atoms with Gasteiger partial charge in [-0.25, -0.2) is 0 Å². The van der Waals surface area contributed by atoms with Gasteiger partial charge in [-0.15, -0.1) is 0 Å². The molecule has 2 aromatic heterocycles. The lowest BCUT2D eigenvalue weighted by Crippen LogP contribution is -2.17. The molecular formula is C16H13BrClN3. The second kappa shape index (κ2) is 6.00. The fourth-order valence-electron chi connectivity index (χ4n) is 2.25. The van der Waals surface area contributed by atoms with Crippen molar-refractivity contribution in [2.75, 3.05) is 11.9 Å². The van der Waals surface area contributed by atoms with Crippen LogP contribution in [0, 0.1) is 0 Å². The molecule has 21 heavy (non-hydrogen) atoms. The standard InChI is InChI=1S/C16H13BrClN3/c1-21(10-11-2-4-13(18)5-3-11)15-6-7-19-14-8-12(17)9-20-16(14)15/h2-9H,10H2,1H3. The number of halogens is 2. The molecule has 0 aliphatic carbocycles. The van der Waals surface area contributed by atoms with Crippen LogP contribution in [0.25, 0.3) is 11.0 Å². The van der Waals surface area contributed by atoms with Crippen LogP contribution in [0.2, 0.25) is 5.02 Å². The van der Waals surface area contributed by atoms with Gasteiger partial charge < -0.3 is 4.90 Å². The molecule has 3 rings (SSSR count). The molecule has 0 bridgehead atoms. The van der Waals surface area contributed by atoms with Crippen LogP contribution in [0.4, 0.5) is 5.69 Å². The molecule has 3 nitrogen and oxygen atoms in total. The lowest BCUT2D eigenvalue weighted by Gasteiger charge is -2.20. The van der Waals surface area contributed by atoms with E-state index in [4.69, 9.17) is 11.6 Å². The van der Waals surface area contributed by atoms with Crippen molar-refractivity contribution in [3.05, 3.63) is 63.9 Å². The number of nitrogens with zero attached hydrogens (tertiary/aromatic N) is 3. The van der Waals surface area contributed by atoms with Crippen molar-refractivity contribution in [1.82, 2.24) is 9.97 Å². The quantitative estimate of drug-likeness (QED) is 0.677. The second-order valence-corrected chi connectivity index (χ2v) is 6.19. The Morgan fingerprint density at radius 1 is 1.14 bits per heavy atom. The monoisotopic (exact) mass is 361 g/mol. The van der Waals surface area contributed by atoms with Gasteiger partial charge in [0, 0.05) is 35.5 Å². The first kappa shape index (κ1) is 14.3. The molecule has 0 aliphatic heterocycles. The predicted octanol–water partition coefficient (Wildman–Crippen LogP) is 4.68. The molecule has 5 heteroatoms. The summed E-state index contributed by atoms with van der Waals surface area (Å²) in [6, 6.07) is 11.8. The minimum Gasteiger partial charge on any atom is -0.368 e. The normalized spacial score (nSPS) is 10.8. The highest BCUT2D eigenvalue weighted by Gasteiger charge is 2.09. The lowest BCUT2D eigenvalue weighted by molar-refractivity contribution is 0.924. The zero-order valence-electron chi connectivity index (χ0n) is 11.4. The van der Waals surface area contributed by atoms with Gasteiger partial charge in [0.25, 0.3) is 0 Å². The minimum atomic E-state index is 0.752. The summed E-state index contributed by atoms with van der Waals surface area (Å²) in [5.41, 5.74) is 4.04. The van der Waals surface area contributed by atoms with E-state index in [1.165, 1.54) is 5.56 Å². The molecule has 0 saturated heterocycles. The molecule has 0 N–H and O–H groups in total. The highest BCUT2D eigenvalue weighted by Crippen LogP contribution is 2.25. The topological polar surface area (TPSA) is 29.0 Å². The second-order valence-electron chi connectivity index (χ2n) is 4.83. The van der Waals surface area contributed by atoms with Crippen molar-refractivity contribution >= 4 is 44.3 Å². The van der Waals surface area contributed by atoms with Crippen molar-refractivity contribution in [1.29, 1.82) is 0 Å². The SMILES string of the molecule is CN(Cc1ccc(Cl)cc1)c1ccnc2cc(Br)cnc12. The number of fused-ring (bicyclic) bond motifs is 1. The third-order valence-corrected chi connectivity index (χ3v) is 3.95. The molecule has 0 unspecified atom stereocenters. The molecule has 2 heterocycles. The van der Waals surface area contributed by atoms with E-state index in [1.807, 2.05) is 49.6 Å². The number of rotatable bonds is 3. The van der Waals surface area contributed by atoms with Gasteiger partial charge in [-0.3, -0.25) is 9.97 Å². The third kappa shape index (κ3) is 3.17. The summed E-state index contributed by atoms with van der Waals surface area (Å²) >= 11 is 9.35. The van der Waals surface area contributed by atoms with E-state index in [9.17, 15) is 0 Å². The van der Waals surface area contributed by atoms with Gasteiger partial charge in [-0.05, 0) is 45.8 Å². The fraction of sp³-hybridized carbons (Fsp3) is 0.125. The van der Waals surface area contributed by atoms with Crippen LogP contribution >= 0.6 is 27.5 Å². The van der Waals surface area contributed by atoms with Crippen molar-refractivity contribution in [3.8, 4) is 0 Å². The molecule has 0 aliphatic rings. The minimum absolute atomic E-state index is 0.752. The molecule has 3 aromatic rings. The summed E-state index contributed by atoms with van der Waals surface area (Å²) in [5.74, 6) is 0. The number of benzene rings is 1. The number of hydrogen-bond acceptors (Lipinski definition) is 3. The first-order valence-corrected chi connectivity index (χ1v) is 7.66. The first-order chi connectivity index (χ1) is 10.1. The van der Waals surface area contributed by atoms with E-state index in [0.717, 1.165) is 32.8 Å². The molecule has 106 valence electrons. The van der Waals surface area contributed by atoms with Crippen LogP contribution < -0.4 is 4.90 Å². The van der Waals surface area contributed by atoms with Gasteiger partial charge in [0.05, 0.1) is 11.2 Å². The summed E-state index contributed by atoms with van der Waals surface area (Å²) < 4.78 is 0.931. The first-order valence-electron chi connectivity index (χ1n) is 6.49. The molecule has 1 aromatic carbocycles. The maximum absolute atomic E-state index is 5.92. The molecule has 0 spiro atoms. The summed E-state index contributed by atoms with van der Waals surface area (Å²) in [7, 11) is 2.05. The van der Waals surface area contributed by atoms with E-state index < -0.39 is 0 Å². The average molecular weight is 363 g/mol. The zero-order valence-corrected chi connectivity index (χ0v) is 13.8. The smallest absolute Gasteiger partial charge is 0.112 e. The van der Waals surface area contributed by atoms with Crippen molar-refractivity contribution in [3.63, 3.8) is 0 Å². The van der Waals surface area contributed by atoms with Crippen LogP contribution in [0.5, 0.6) is 0 Å².